The molecule has 0 aromatic heterocycles. The fourth-order valence-corrected chi connectivity index (χ4v) is 1.94. The van der Waals surface area contributed by atoms with Gasteiger partial charge >= 0.3 is 0 Å². The summed E-state index contributed by atoms with van der Waals surface area (Å²) in [4.78, 5) is 11.7. The lowest BCUT2D eigenvalue weighted by molar-refractivity contribution is 0.102. The van der Waals surface area contributed by atoms with Crippen LogP contribution in [0.15, 0.2) is 28.7 Å². The highest BCUT2D eigenvalue weighted by atomic mass is 79.9. The van der Waals surface area contributed by atoms with Crippen LogP contribution in [0, 0.1) is 29.1 Å². The standard InChI is InChI=1S/C13H5BrF5NO/c14-6-3-9(17)12(10(18)4-6)20-13(21)5-1-7(15)11(19)8(16)2-5/h1-4H,(H,20,21). The second-order valence-corrected chi connectivity index (χ2v) is 4.87. The minimum atomic E-state index is -1.74. The topological polar surface area (TPSA) is 29.1 Å². The Bertz CT molecular complexity index is 688. The highest BCUT2D eigenvalue weighted by Crippen LogP contribution is 2.24. The van der Waals surface area contributed by atoms with Crippen molar-refractivity contribution in [1.82, 2.24) is 0 Å². The Labute approximate surface area is 123 Å². The second-order valence-electron chi connectivity index (χ2n) is 3.95. The Morgan fingerprint density at radius 3 is 1.81 bits per heavy atom. The SMILES string of the molecule is O=C(Nc1c(F)cc(Br)cc1F)c1cc(F)c(F)c(F)c1. The number of amides is 1. The zero-order chi connectivity index (χ0) is 15.7. The van der Waals surface area contributed by atoms with Crippen LogP contribution in [0.5, 0.6) is 0 Å². The van der Waals surface area contributed by atoms with E-state index < -0.39 is 46.2 Å². The van der Waals surface area contributed by atoms with E-state index in [9.17, 15) is 26.7 Å². The van der Waals surface area contributed by atoms with Gasteiger partial charge in [-0.2, -0.15) is 0 Å². The molecule has 21 heavy (non-hydrogen) atoms. The molecule has 2 rings (SSSR count). The third-order valence-electron chi connectivity index (χ3n) is 2.49. The van der Waals surface area contributed by atoms with E-state index in [1.54, 1.807) is 0 Å². The summed E-state index contributed by atoms with van der Waals surface area (Å²) in [6.07, 6.45) is 0. The Hall–Kier alpha value is -1.96. The summed E-state index contributed by atoms with van der Waals surface area (Å²) in [7, 11) is 0. The molecule has 0 aliphatic rings. The van der Waals surface area contributed by atoms with Crippen molar-refractivity contribution >= 4 is 27.5 Å². The first-order valence-electron chi connectivity index (χ1n) is 5.40. The molecule has 0 unspecified atom stereocenters. The van der Waals surface area contributed by atoms with Gasteiger partial charge in [0.25, 0.3) is 5.91 Å². The molecule has 1 amide bonds. The highest BCUT2D eigenvalue weighted by molar-refractivity contribution is 9.10. The molecule has 0 bridgehead atoms. The van der Waals surface area contributed by atoms with Crippen molar-refractivity contribution in [3.8, 4) is 0 Å². The molecule has 1 N–H and O–H groups in total. The number of hydrogen-bond acceptors (Lipinski definition) is 1. The van der Waals surface area contributed by atoms with Gasteiger partial charge in [0, 0.05) is 10.0 Å². The summed E-state index contributed by atoms with van der Waals surface area (Å²) in [5.74, 6) is -8.27. The van der Waals surface area contributed by atoms with Crippen molar-refractivity contribution in [2.75, 3.05) is 5.32 Å². The molecule has 0 saturated heterocycles. The molecule has 0 aliphatic heterocycles. The minimum absolute atomic E-state index is 0.106. The van der Waals surface area contributed by atoms with Crippen molar-refractivity contribution in [2.24, 2.45) is 0 Å². The summed E-state index contributed by atoms with van der Waals surface area (Å²) in [6, 6.07) is 2.62. The van der Waals surface area contributed by atoms with Gasteiger partial charge in [-0.3, -0.25) is 4.79 Å². The van der Waals surface area contributed by atoms with Gasteiger partial charge in [0.15, 0.2) is 29.1 Å². The maximum atomic E-state index is 13.5. The van der Waals surface area contributed by atoms with Gasteiger partial charge in [-0.15, -0.1) is 0 Å². The Balaban J connectivity index is 2.35. The Kier molecular flexibility index (Phi) is 4.26. The van der Waals surface area contributed by atoms with Crippen molar-refractivity contribution in [2.45, 2.75) is 0 Å². The van der Waals surface area contributed by atoms with Crippen LogP contribution in [0.3, 0.4) is 0 Å². The van der Waals surface area contributed by atoms with Crippen LogP contribution < -0.4 is 5.32 Å². The van der Waals surface area contributed by atoms with Gasteiger partial charge in [0.2, 0.25) is 0 Å². The van der Waals surface area contributed by atoms with Crippen LogP contribution in [0.2, 0.25) is 0 Å². The number of hydrogen-bond donors (Lipinski definition) is 1. The molecule has 0 heterocycles. The number of rotatable bonds is 2. The van der Waals surface area contributed by atoms with Crippen molar-refractivity contribution in [3.63, 3.8) is 0 Å². The molecule has 0 fully saturated rings. The fourth-order valence-electron chi connectivity index (χ4n) is 1.53. The first-order valence-corrected chi connectivity index (χ1v) is 6.19. The van der Waals surface area contributed by atoms with E-state index in [0.717, 1.165) is 12.1 Å². The quantitative estimate of drug-likeness (QED) is 0.620. The lowest BCUT2D eigenvalue weighted by Gasteiger charge is -2.08. The third-order valence-corrected chi connectivity index (χ3v) is 2.95. The zero-order valence-corrected chi connectivity index (χ0v) is 11.6. The van der Waals surface area contributed by atoms with E-state index in [2.05, 4.69) is 15.9 Å². The number of nitrogens with one attached hydrogen (secondary N) is 1. The molecule has 2 aromatic carbocycles. The Morgan fingerprint density at radius 2 is 1.33 bits per heavy atom. The van der Waals surface area contributed by atoms with E-state index in [1.807, 2.05) is 5.32 Å². The molecular formula is C13H5BrF5NO. The first kappa shape index (κ1) is 15.4. The van der Waals surface area contributed by atoms with Crippen LogP contribution in [-0.2, 0) is 0 Å². The van der Waals surface area contributed by atoms with Gasteiger partial charge in [-0.25, -0.2) is 22.0 Å². The highest BCUT2D eigenvalue weighted by Gasteiger charge is 2.18. The minimum Gasteiger partial charge on any atom is -0.317 e. The summed E-state index contributed by atoms with van der Waals surface area (Å²) in [5, 5.41) is 1.83. The average Bonchev–Trinajstić information content (AvgIpc) is 2.39. The number of anilines is 1. The molecular weight excluding hydrogens is 361 g/mol. The number of carbonyl (C=O) groups is 1. The maximum Gasteiger partial charge on any atom is 0.256 e. The Morgan fingerprint density at radius 1 is 0.857 bits per heavy atom. The number of benzene rings is 2. The molecule has 110 valence electrons. The van der Waals surface area contributed by atoms with Gasteiger partial charge < -0.3 is 5.32 Å². The maximum absolute atomic E-state index is 13.5. The summed E-state index contributed by atoms with van der Waals surface area (Å²) < 4.78 is 65.9. The first-order chi connectivity index (χ1) is 9.79. The fraction of sp³-hybridized carbons (Fsp3) is 0. The molecule has 0 spiro atoms. The van der Waals surface area contributed by atoms with Crippen LogP contribution in [0.4, 0.5) is 27.6 Å². The number of carbonyl (C=O) groups excluding carboxylic acids is 1. The van der Waals surface area contributed by atoms with Crippen molar-refractivity contribution < 1.29 is 26.7 Å². The van der Waals surface area contributed by atoms with Gasteiger partial charge in [-0.1, -0.05) is 15.9 Å². The van der Waals surface area contributed by atoms with Gasteiger partial charge in [0.05, 0.1) is 0 Å². The molecule has 2 nitrogen and oxygen atoms in total. The molecule has 0 aliphatic carbocycles. The smallest absolute Gasteiger partial charge is 0.256 e. The van der Waals surface area contributed by atoms with Crippen LogP contribution in [-0.4, -0.2) is 5.91 Å². The van der Waals surface area contributed by atoms with Crippen LogP contribution in [0.25, 0.3) is 0 Å². The van der Waals surface area contributed by atoms with Gasteiger partial charge in [-0.05, 0) is 24.3 Å². The second kappa shape index (κ2) is 5.80. The third kappa shape index (κ3) is 3.21. The zero-order valence-electron chi connectivity index (χ0n) is 9.99. The van der Waals surface area contributed by atoms with E-state index in [-0.39, 0.29) is 4.47 Å². The molecule has 0 radical (unpaired) electrons. The van der Waals surface area contributed by atoms with E-state index >= 15 is 0 Å². The lowest BCUT2D eigenvalue weighted by Crippen LogP contribution is -2.15. The molecule has 0 atom stereocenters. The lowest BCUT2D eigenvalue weighted by atomic mass is 10.2. The largest absolute Gasteiger partial charge is 0.317 e. The summed E-state index contributed by atoms with van der Waals surface area (Å²) >= 11 is 2.85. The van der Waals surface area contributed by atoms with Crippen LogP contribution in [0.1, 0.15) is 10.4 Å². The predicted octanol–water partition coefficient (Wildman–Crippen LogP) is 4.40. The van der Waals surface area contributed by atoms with E-state index in [1.165, 1.54) is 0 Å². The van der Waals surface area contributed by atoms with E-state index in [0.29, 0.717) is 12.1 Å². The molecule has 8 heteroatoms. The van der Waals surface area contributed by atoms with Gasteiger partial charge in [0.1, 0.15) is 5.69 Å². The summed E-state index contributed by atoms with van der Waals surface area (Å²) in [6.45, 7) is 0. The van der Waals surface area contributed by atoms with E-state index in [4.69, 9.17) is 0 Å². The van der Waals surface area contributed by atoms with Crippen molar-refractivity contribution in [3.05, 3.63) is 63.4 Å². The van der Waals surface area contributed by atoms with Crippen molar-refractivity contribution in [1.29, 1.82) is 0 Å². The molecule has 2 aromatic rings. The predicted molar refractivity (Wildman–Crippen MR) is 68.3 cm³/mol. The normalized spacial score (nSPS) is 10.6. The average molecular weight is 366 g/mol. The van der Waals surface area contributed by atoms with Crippen LogP contribution >= 0.6 is 15.9 Å². The molecule has 0 saturated carbocycles. The summed E-state index contributed by atoms with van der Waals surface area (Å²) in [5.41, 5.74) is -1.40. The monoisotopic (exact) mass is 365 g/mol. The number of halogens is 6.